The van der Waals surface area contributed by atoms with Crippen LogP contribution in [-0.4, -0.2) is 25.0 Å². The van der Waals surface area contributed by atoms with E-state index in [0.29, 0.717) is 5.92 Å². The quantitative estimate of drug-likeness (QED) is 0.769. The third-order valence-corrected chi connectivity index (χ3v) is 3.68. The lowest BCUT2D eigenvalue weighted by Gasteiger charge is -2.29. The standard InChI is InChI=1S/C13H26N2O/c1-5-13(3,4)9-15-12(16)11-8-10(2)6-7-14-11/h10-11,14H,5-9H2,1-4H3,(H,15,16). The maximum Gasteiger partial charge on any atom is 0.237 e. The lowest BCUT2D eigenvalue weighted by Crippen LogP contribution is -2.50. The van der Waals surface area contributed by atoms with Gasteiger partial charge in [0.15, 0.2) is 0 Å². The molecule has 0 spiro atoms. The Kier molecular flexibility index (Phi) is 4.78. The third kappa shape index (κ3) is 4.12. The average molecular weight is 226 g/mol. The van der Waals surface area contributed by atoms with Gasteiger partial charge in [-0.1, -0.05) is 27.7 Å². The van der Waals surface area contributed by atoms with Gasteiger partial charge in [-0.25, -0.2) is 0 Å². The second-order valence-electron chi connectivity index (χ2n) is 5.87. The highest BCUT2D eigenvalue weighted by molar-refractivity contribution is 5.81. The van der Waals surface area contributed by atoms with Gasteiger partial charge in [-0.3, -0.25) is 4.79 Å². The highest BCUT2D eigenvalue weighted by Crippen LogP contribution is 2.19. The van der Waals surface area contributed by atoms with E-state index < -0.39 is 0 Å². The summed E-state index contributed by atoms with van der Waals surface area (Å²) in [5.74, 6) is 0.837. The van der Waals surface area contributed by atoms with Gasteiger partial charge in [0.25, 0.3) is 0 Å². The summed E-state index contributed by atoms with van der Waals surface area (Å²) in [6, 6.07) is 0.0245. The highest BCUT2D eigenvalue weighted by Gasteiger charge is 2.25. The molecule has 0 aromatic carbocycles. The Morgan fingerprint density at radius 1 is 1.50 bits per heavy atom. The molecule has 1 aliphatic heterocycles. The van der Waals surface area contributed by atoms with Gasteiger partial charge in [0.05, 0.1) is 6.04 Å². The zero-order valence-electron chi connectivity index (χ0n) is 11.1. The summed E-state index contributed by atoms with van der Waals surface area (Å²) in [5, 5.41) is 6.35. The van der Waals surface area contributed by atoms with Crippen LogP contribution in [-0.2, 0) is 4.79 Å². The molecule has 1 rings (SSSR count). The van der Waals surface area contributed by atoms with Crippen molar-refractivity contribution in [3.05, 3.63) is 0 Å². The molecular formula is C13H26N2O. The average Bonchev–Trinajstić information content (AvgIpc) is 2.26. The molecule has 1 fully saturated rings. The fourth-order valence-electron chi connectivity index (χ4n) is 1.88. The second-order valence-corrected chi connectivity index (χ2v) is 5.87. The molecule has 1 saturated heterocycles. The normalized spacial score (nSPS) is 26.5. The molecule has 0 aliphatic carbocycles. The molecule has 2 N–H and O–H groups in total. The van der Waals surface area contributed by atoms with Gasteiger partial charge in [0.1, 0.15) is 0 Å². The number of hydrogen-bond donors (Lipinski definition) is 2. The molecule has 16 heavy (non-hydrogen) atoms. The summed E-state index contributed by atoms with van der Waals surface area (Å²) >= 11 is 0. The van der Waals surface area contributed by atoms with E-state index in [-0.39, 0.29) is 17.4 Å². The Bertz CT molecular complexity index is 238. The number of carbonyl (C=O) groups excluding carboxylic acids is 1. The van der Waals surface area contributed by atoms with Crippen molar-refractivity contribution in [1.82, 2.24) is 10.6 Å². The molecule has 94 valence electrons. The molecule has 1 heterocycles. The van der Waals surface area contributed by atoms with E-state index in [9.17, 15) is 4.79 Å². The van der Waals surface area contributed by atoms with Gasteiger partial charge < -0.3 is 10.6 Å². The van der Waals surface area contributed by atoms with Crippen LogP contribution in [0, 0.1) is 11.3 Å². The van der Waals surface area contributed by atoms with Crippen LogP contribution < -0.4 is 10.6 Å². The molecule has 0 bridgehead atoms. The number of carbonyl (C=O) groups is 1. The zero-order valence-corrected chi connectivity index (χ0v) is 11.1. The fourth-order valence-corrected chi connectivity index (χ4v) is 1.88. The van der Waals surface area contributed by atoms with E-state index >= 15 is 0 Å². The predicted octanol–water partition coefficient (Wildman–Crippen LogP) is 1.93. The largest absolute Gasteiger partial charge is 0.354 e. The first kappa shape index (κ1) is 13.5. The lowest BCUT2D eigenvalue weighted by atomic mass is 9.89. The van der Waals surface area contributed by atoms with Crippen molar-refractivity contribution in [2.24, 2.45) is 11.3 Å². The first-order valence-corrected chi connectivity index (χ1v) is 6.45. The first-order valence-electron chi connectivity index (χ1n) is 6.45. The Hall–Kier alpha value is -0.570. The van der Waals surface area contributed by atoms with E-state index in [1.54, 1.807) is 0 Å². The van der Waals surface area contributed by atoms with Crippen LogP contribution in [0.1, 0.15) is 47.0 Å². The number of piperidine rings is 1. The Morgan fingerprint density at radius 2 is 2.19 bits per heavy atom. The molecule has 2 atom stereocenters. The Labute approximate surface area is 99.4 Å². The monoisotopic (exact) mass is 226 g/mol. The van der Waals surface area contributed by atoms with E-state index in [1.165, 1.54) is 6.42 Å². The Balaban J connectivity index is 2.34. The molecule has 0 saturated carbocycles. The number of rotatable bonds is 4. The summed E-state index contributed by atoms with van der Waals surface area (Å²) in [7, 11) is 0. The SMILES string of the molecule is CCC(C)(C)CNC(=O)C1CC(C)CCN1. The van der Waals surface area contributed by atoms with Crippen molar-refractivity contribution >= 4 is 5.91 Å². The summed E-state index contributed by atoms with van der Waals surface area (Å²) in [4.78, 5) is 11.9. The fraction of sp³-hybridized carbons (Fsp3) is 0.923. The van der Waals surface area contributed by atoms with Crippen LogP contribution in [0.5, 0.6) is 0 Å². The second kappa shape index (κ2) is 5.67. The molecule has 1 aliphatic rings. The molecule has 3 nitrogen and oxygen atoms in total. The number of nitrogens with one attached hydrogen (secondary N) is 2. The summed E-state index contributed by atoms with van der Waals surface area (Å²) in [6.45, 7) is 10.5. The minimum atomic E-state index is 0.0245. The maximum atomic E-state index is 11.9. The van der Waals surface area contributed by atoms with Gasteiger partial charge >= 0.3 is 0 Å². The van der Waals surface area contributed by atoms with Gasteiger partial charge in [-0.05, 0) is 37.1 Å². The van der Waals surface area contributed by atoms with Crippen LogP contribution in [0.2, 0.25) is 0 Å². The molecule has 1 amide bonds. The topological polar surface area (TPSA) is 41.1 Å². The van der Waals surface area contributed by atoms with Crippen molar-refractivity contribution in [2.75, 3.05) is 13.1 Å². The van der Waals surface area contributed by atoms with E-state index in [2.05, 4.69) is 38.3 Å². The summed E-state index contributed by atoms with van der Waals surface area (Å²) in [6.07, 6.45) is 3.24. The van der Waals surface area contributed by atoms with Gasteiger partial charge in [-0.2, -0.15) is 0 Å². The van der Waals surface area contributed by atoms with Gasteiger partial charge in [0, 0.05) is 6.54 Å². The van der Waals surface area contributed by atoms with Crippen LogP contribution in [0.3, 0.4) is 0 Å². The van der Waals surface area contributed by atoms with Gasteiger partial charge in [0.2, 0.25) is 5.91 Å². The van der Waals surface area contributed by atoms with Crippen LogP contribution >= 0.6 is 0 Å². The van der Waals surface area contributed by atoms with Crippen LogP contribution in [0.4, 0.5) is 0 Å². The molecule has 0 aromatic heterocycles. The van der Waals surface area contributed by atoms with Crippen LogP contribution in [0.15, 0.2) is 0 Å². The van der Waals surface area contributed by atoms with E-state index in [4.69, 9.17) is 0 Å². The number of amides is 1. The summed E-state index contributed by atoms with van der Waals surface area (Å²) in [5.41, 5.74) is 0.204. The van der Waals surface area contributed by atoms with Crippen molar-refractivity contribution < 1.29 is 4.79 Å². The van der Waals surface area contributed by atoms with Gasteiger partial charge in [-0.15, -0.1) is 0 Å². The number of hydrogen-bond acceptors (Lipinski definition) is 2. The molecule has 3 heteroatoms. The predicted molar refractivity (Wildman–Crippen MR) is 67.3 cm³/mol. The molecule has 0 aromatic rings. The molecule has 0 radical (unpaired) electrons. The van der Waals surface area contributed by atoms with Crippen molar-refractivity contribution in [3.8, 4) is 0 Å². The Morgan fingerprint density at radius 3 is 2.75 bits per heavy atom. The maximum absolute atomic E-state index is 11.9. The molecular weight excluding hydrogens is 200 g/mol. The van der Waals surface area contributed by atoms with Crippen molar-refractivity contribution in [1.29, 1.82) is 0 Å². The van der Waals surface area contributed by atoms with Crippen LogP contribution in [0.25, 0.3) is 0 Å². The minimum absolute atomic E-state index is 0.0245. The van der Waals surface area contributed by atoms with E-state index in [0.717, 1.165) is 25.9 Å². The van der Waals surface area contributed by atoms with E-state index in [1.807, 2.05) is 0 Å². The zero-order chi connectivity index (χ0) is 12.2. The van der Waals surface area contributed by atoms with Crippen molar-refractivity contribution in [2.45, 2.75) is 53.0 Å². The first-order chi connectivity index (χ1) is 7.44. The lowest BCUT2D eigenvalue weighted by molar-refractivity contribution is -0.124. The highest BCUT2D eigenvalue weighted by atomic mass is 16.2. The smallest absolute Gasteiger partial charge is 0.237 e. The minimum Gasteiger partial charge on any atom is -0.354 e. The third-order valence-electron chi connectivity index (χ3n) is 3.68. The summed E-state index contributed by atoms with van der Waals surface area (Å²) < 4.78 is 0. The molecule has 2 unspecified atom stereocenters. The van der Waals surface area contributed by atoms with Crippen molar-refractivity contribution in [3.63, 3.8) is 0 Å².